The molecule has 1 aromatic rings. The molecule has 0 fully saturated rings. The molecule has 0 radical (unpaired) electrons. The second kappa shape index (κ2) is 3.63. The van der Waals surface area contributed by atoms with Crippen LogP contribution in [0.2, 0.25) is 0 Å². The molecule has 0 bridgehead atoms. The lowest BCUT2D eigenvalue weighted by atomic mass is 10.0. The van der Waals surface area contributed by atoms with Gasteiger partial charge in [0.05, 0.1) is 0 Å². The molecule has 0 amide bonds. The van der Waals surface area contributed by atoms with Crippen LogP contribution in [0.15, 0.2) is 24.3 Å². The molecule has 12 heavy (non-hydrogen) atoms. The number of hydrogen-bond acceptors (Lipinski definition) is 1. The van der Waals surface area contributed by atoms with Crippen LogP contribution in [0, 0.1) is 5.82 Å². The van der Waals surface area contributed by atoms with Crippen LogP contribution in [-0.2, 0) is 0 Å². The highest BCUT2D eigenvalue weighted by Crippen LogP contribution is 2.16. The molecule has 0 saturated carbocycles. The summed E-state index contributed by atoms with van der Waals surface area (Å²) >= 11 is 4.59. The summed E-state index contributed by atoms with van der Waals surface area (Å²) in [5.74, 6) is -0.490. The molecular formula is C9H9FOS. The number of aliphatic hydroxyl groups is 1. The number of aliphatic hydroxyl groups excluding tert-OH is 1. The Balaban J connectivity index is 2.89. The number of halogens is 1. The van der Waals surface area contributed by atoms with Crippen LogP contribution < -0.4 is 0 Å². The first-order valence-electron chi connectivity index (χ1n) is 3.59. The van der Waals surface area contributed by atoms with Crippen molar-refractivity contribution in [3.8, 4) is 0 Å². The largest absolute Gasteiger partial charge is 0.502 e. The van der Waals surface area contributed by atoms with Crippen LogP contribution in [0.1, 0.15) is 18.4 Å². The van der Waals surface area contributed by atoms with Gasteiger partial charge in [-0.25, -0.2) is 4.39 Å². The van der Waals surface area contributed by atoms with E-state index in [4.69, 9.17) is 5.11 Å². The third kappa shape index (κ3) is 2.01. The van der Waals surface area contributed by atoms with Crippen LogP contribution in [-0.4, -0.2) is 10.2 Å². The number of thiocarbonyl (C=S) groups is 1. The van der Waals surface area contributed by atoms with Gasteiger partial charge in [-0.3, -0.25) is 0 Å². The van der Waals surface area contributed by atoms with Gasteiger partial charge in [0.15, 0.2) is 5.05 Å². The first kappa shape index (κ1) is 9.13. The van der Waals surface area contributed by atoms with Crippen molar-refractivity contribution >= 4 is 17.3 Å². The first-order valence-corrected chi connectivity index (χ1v) is 4.00. The van der Waals surface area contributed by atoms with Gasteiger partial charge in [0.1, 0.15) is 5.82 Å². The summed E-state index contributed by atoms with van der Waals surface area (Å²) in [6.07, 6.45) is 0. The fourth-order valence-corrected chi connectivity index (χ4v) is 1.03. The minimum atomic E-state index is -0.283. The molecule has 0 heterocycles. The van der Waals surface area contributed by atoms with Crippen molar-refractivity contribution in [3.63, 3.8) is 0 Å². The topological polar surface area (TPSA) is 20.2 Å². The monoisotopic (exact) mass is 184 g/mol. The molecule has 64 valence electrons. The summed E-state index contributed by atoms with van der Waals surface area (Å²) in [5, 5.41) is 8.91. The maximum atomic E-state index is 12.5. The number of hydrogen-bond donors (Lipinski definition) is 1. The molecular weight excluding hydrogens is 175 g/mol. The standard InChI is InChI=1S/C9H9FOS/c1-6(9(11)12)7-2-4-8(10)5-3-7/h2-6H,1H3,(H,11,12). The van der Waals surface area contributed by atoms with Gasteiger partial charge in [-0.05, 0) is 29.9 Å². The van der Waals surface area contributed by atoms with Crippen molar-refractivity contribution < 1.29 is 9.50 Å². The van der Waals surface area contributed by atoms with Gasteiger partial charge >= 0.3 is 0 Å². The van der Waals surface area contributed by atoms with E-state index in [0.717, 1.165) is 5.56 Å². The van der Waals surface area contributed by atoms with Crippen molar-refractivity contribution in [1.29, 1.82) is 0 Å². The maximum absolute atomic E-state index is 12.5. The zero-order valence-corrected chi connectivity index (χ0v) is 7.44. The molecule has 1 nitrogen and oxygen atoms in total. The Morgan fingerprint density at radius 2 is 1.92 bits per heavy atom. The van der Waals surface area contributed by atoms with Crippen LogP contribution in [0.3, 0.4) is 0 Å². The van der Waals surface area contributed by atoms with Gasteiger partial charge in [-0.15, -0.1) is 0 Å². The average Bonchev–Trinajstić information content (AvgIpc) is 2.04. The minimum Gasteiger partial charge on any atom is -0.502 e. The summed E-state index contributed by atoms with van der Waals surface area (Å²) in [4.78, 5) is 0. The van der Waals surface area contributed by atoms with E-state index in [-0.39, 0.29) is 16.8 Å². The Labute approximate surface area is 75.8 Å². The fraction of sp³-hybridized carbons (Fsp3) is 0.222. The fourth-order valence-electron chi connectivity index (χ4n) is 0.894. The smallest absolute Gasteiger partial charge is 0.163 e. The molecule has 1 N–H and O–H groups in total. The van der Waals surface area contributed by atoms with Crippen LogP contribution in [0.25, 0.3) is 0 Å². The predicted octanol–water partition coefficient (Wildman–Crippen LogP) is 2.81. The Hall–Kier alpha value is -0.960. The van der Waals surface area contributed by atoms with Gasteiger partial charge in [0, 0.05) is 5.92 Å². The molecule has 1 rings (SSSR count). The summed E-state index contributed by atoms with van der Waals surface area (Å²) in [6.45, 7) is 1.77. The van der Waals surface area contributed by atoms with E-state index in [1.807, 2.05) is 0 Å². The van der Waals surface area contributed by atoms with Crippen molar-refractivity contribution in [3.05, 3.63) is 35.6 Å². The lowest BCUT2D eigenvalue weighted by Crippen LogP contribution is -2.04. The van der Waals surface area contributed by atoms with Gasteiger partial charge in [-0.1, -0.05) is 19.1 Å². The molecule has 1 atom stereocenters. The first-order chi connectivity index (χ1) is 5.61. The van der Waals surface area contributed by atoms with E-state index in [1.54, 1.807) is 19.1 Å². The van der Waals surface area contributed by atoms with Crippen molar-refractivity contribution in [1.82, 2.24) is 0 Å². The summed E-state index contributed by atoms with van der Waals surface area (Å²) in [6, 6.07) is 5.93. The van der Waals surface area contributed by atoms with E-state index < -0.39 is 0 Å². The number of rotatable bonds is 2. The second-order valence-electron chi connectivity index (χ2n) is 2.61. The zero-order chi connectivity index (χ0) is 9.14. The van der Waals surface area contributed by atoms with Crippen molar-refractivity contribution in [2.24, 2.45) is 0 Å². The summed E-state index contributed by atoms with van der Waals surface area (Å²) in [5.41, 5.74) is 0.823. The number of benzene rings is 1. The molecule has 1 aromatic carbocycles. The highest BCUT2D eigenvalue weighted by atomic mass is 32.1. The SMILES string of the molecule is CC(C(O)=S)c1ccc(F)cc1. The molecule has 0 spiro atoms. The molecule has 0 aliphatic rings. The molecule has 0 saturated heterocycles. The highest BCUT2D eigenvalue weighted by molar-refractivity contribution is 7.80. The zero-order valence-electron chi connectivity index (χ0n) is 6.62. The van der Waals surface area contributed by atoms with E-state index >= 15 is 0 Å². The Morgan fingerprint density at radius 1 is 1.42 bits per heavy atom. The van der Waals surface area contributed by atoms with Gasteiger partial charge < -0.3 is 5.11 Å². The summed E-state index contributed by atoms with van der Waals surface area (Å²) < 4.78 is 12.5. The third-order valence-corrected chi connectivity index (χ3v) is 2.09. The predicted molar refractivity (Wildman–Crippen MR) is 50.0 cm³/mol. The maximum Gasteiger partial charge on any atom is 0.163 e. The minimum absolute atomic E-state index is 0.0680. The molecule has 0 aliphatic heterocycles. The van der Waals surface area contributed by atoms with Gasteiger partial charge in [0.25, 0.3) is 0 Å². The van der Waals surface area contributed by atoms with E-state index in [1.165, 1.54) is 12.1 Å². The van der Waals surface area contributed by atoms with E-state index in [2.05, 4.69) is 12.2 Å². The molecule has 0 aliphatic carbocycles. The Morgan fingerprint density at radius 3 is 2.33 bits per heavy atom. The highest BCUT2D eigenvalue weighted by Gasteiger charge is 2.08. The second-order valence-corrected chi connectivity index (χ2v) is 3.03. The van der Waals surface area contributed by atoms with Crippen LogP contribution in [0.4, 0.5) is 4.39 Å². The normalized spacial score (nSPS) is 12.5. The van der Waals surface area contributed by atoms with Crippen LogP contribution >= 0.6 is 12.2 Å². The van der Waals surface area contributed by atoms with E-state index in [0.29, 0.717) is 0 Å². The Bertz CT molecular complexity index is 281. The summed E-state index contributed by atoms with van der Waals surface area (Å²) in [7, 11) is 0. The molecule has 1 unspecified atom stereocenters. The van der Waals surface area contributed by atoms with Crippen molar-refractivity contribution in [2.75, 3.05) is 0 Å². The van der Waals surface area contributed by atoms with Gasteiger partial charge in [-0.2, -0.15) is 0 Å². The van der Waals surface area contributed by atoms with Crippen molar-refractivity contribution in [2.45, 2.75) is 12.8 Å². The van der Waals surface area contributed by atoms with Crippen LogP contribution in [0.5, 0.6) is 0 Å². The lowest BCUT2D eigenvalue weighted by Gasteiger charge is -2.07. The Kier molecular flexibility index (Phi) is 2.76. The average molecular weight is 184 g/mol. The lowest BCUT2D eigenvalue weighted by molar-refractivity contribution is 0.539. The molecule has 3 heteroatoms. The molecule has 0 aromatic heterocycles. The van der Waals surface area contributed by atoms with Gasteiger partial charge in [0.2, 0.25) is 0 Å². The third-order valence-electron chi connectivity index (χ3n) is 1.74. The quantitative estimate of drug-likeness (QED) is 0.713. The van der Waals surface area contributed by atoms with E-state index in [9.17, 15) is 4.39 Å².